The van der Waals surface area contributed by atoms with Crippen LogP contribution in [0.3, 0.4) is 0 Å². The molecule has 4 heteroatoms. The van der Waals surface area contributed by atoms with E-state index >= 15 is 0 Å². The maximum atomic E-state index is 10.6. The van der Waals surface area contributed by atoms with Crippen LogP contribution in [0.15, 0.2) is 47.1 Å². The van der Waals surface area contributed by atoms with Gasteiger partial charge < -0.3 is 14.8 Å². The van der Waals surface area contributed by atoms with Crippen LogP contribution in [0, 0.1) is 0 Å². The molecular formula is C14H15NO3. The monoisotopic (exact) mass is 245 g/mol. The lowest BCUT2D eigenvalue weighted by molar-refractivity contribution is 0.0696. The first-order valence-corrected chi connectivity index (χ1v) is 5.81. The Labute approximate surface area is 105 Å². The molecule has 0 unspecified atom stereocenters. The molecule has 2 aromatic rings. The first-order chi connectivity index (χ1) is 8.75. The largest absolute Gasteiger partial charge is 0.478 e. The van der Waals surface area contributed by atoms with Crippen molar-refractivity contribution in [3.63, 3.8) is 0 Å². The second-order valence-electron chi connectivity index (χ2n) is 4.02. The number of carboxylic acids is 1. The molecule has 0 spiro atoms. The van der Waals surface area contributed by atoms with Gasteiger partial charge in [-0.25, -0.2) is 4.79 Å². The second-order valence-corrected chi connectivity index (χ2v) is 4.02. The van der Waals surface area contributed by atoms with Crippen molar-refractivity contribution in [2.24, 2.45) is 0 Å². The van der Waals surface area contributed by atoms with Crippen LogP contribution in [0.2, 0.25) is 0 Å². The topological polar surface area (TPSA) is 62.5 Å². The lowest BCUT2D eigenvalue weighted by Gasteiger charge is -2.02. The molecule has 0 aliphatic rings. The molecule has 2 rings (SSSR count). The van der Waals surface area contributed by atoms with Crippen LogP contribution in [0.25, 0.3) is 0 Å². The van der Waals surface area contributed by atoms with E-state index in [1.165, 1.54) is 17.9 Å². The zero-order valence-electron chi connectivity index (χ0n) is 9.93. The molecule has 2 N–H and O–H groups in total. The molecule has 18 heavy (non-hydrogen) atoms. The summed E-state index contributed by atoms with van der Waals surface area (Å²) in [4.78, 5) is 10.6. The van der Waals surface area contributed by atoms with E-state index in [-0.39, 0.29) is 5.56 Å². The number of benzene rings is 1. The smallest absolute Gasteiger partial charge is 0.338 e. The van der Waals surface area contributed by atoms with E-state index in [4.69, 9.17) is 9.52 Å². The van der Waals surface area contributed by atoms with Crippen molar-refractivity contribution < 1.29 is 14.3 Å². The molecule has 1 heterocycles. The van der Waals surface area contributed by atoms with Gasteiger partial charge in [-0.05, 0) is 24.6 Å². The molecule has 0 fully saturated rings. The molecular weight excluding hydrogens is 230 g/mol. The van der Waals surface area contributed by atoms with Crippen LogP contribution in [-0.2, 0) is 13.0 Å². The summed E-state index contributed by atoms with van der Waals surface area (Å²) in [7, 11) is 0. The lowest BCUT2D eigenvalue weighted by atomic mass is 10.1. The minimum atomic E-state index is -0.964. The zero-order valence-corrected chi connectivity index (χ0v) is 9.93. The first kappa shape index (κ1) is 12.4. The van der Waals surface area contributed by atoms with Crippen molar-refractivity contribution in [3.8, 4) is 0 Å². The highest BCUT2D eigenvalue weighted by Gasteiger charge is 2.07. The molecule has 0 saturated carbocycles. The van der Waals surface area contributed by atoms with Crippen molar-refractivity contribution in [2.45, 2.75) is 13.0 Å². The fourth-order valence-electron chi connectivity index (χ4n) is 1.67. The third kappa shape index (κ3) is 3.46. The van der Waals surface area contributed by atoms with Crippen LogP contribution in [0.5, 0.6) is 0 Å². The number of hydrogen-bond acceptors (Lipinski definition) is 3. The van der Waals surface area contributed by atoms with Gasteiger partial charge in [0.15, 0.2) is 0 Å². The van der Waals surface area contributed by atoms with E-state index in [0.717, 1.165) is 13.0 Å². The fraction of sp³-hybridized carbons (Fsp3) is 0.214. The Hall–Kier alpha value is -2.07. The summed E-state index contributed by atoms with van der Waals surface area (Å²) < 4.78 is 5.13. The summed E-state index contributed by atoms with van der Waals surface area (Å²) in [6.45, 7) is 1.37. The molecule has 94 valence electrons. The Kier molecular flexibility index (Phi) is 4.15. The van der Waals surface area contributed by atoms with Crippen molar-refractivity contribution in [1.82, 2.24) is 5.32 Å². The standard InChI is InChI=1S/C14H15NO3/c16-14(17)12-8-13(18-10-12)9-15-7-6-11-4-2-1-3-5-11/h1-5,8,10,15H,6-7,9H2,(H,16,17). The molecule has 1 aromatic carbocycles. The van der Waals surface area contributed by atoms with Crippen LogP contribution in [-0.4, -0.2) is 17.6 Å². The van der Waals surface area contributed by atoms with Crippen molar-refractivity contribution in [1.29, 1.82) is 0 Å². The predicted molar refractivity (Wildman–Crippen MR) is 67.5 cm³/mol. The minimum Gasteiger partial charge on any atom is -0.478 e. The van der Waals surface area contributed by atoms with Gasteiger partial charge in [0.25, 0.3) is 0 Å². The van der Waals surface area contributed by atoms with E-state index in [9.17, 15) is 4.79 Å². The number of nitrogens with one attached hydrogen (secondary N) is 1. The molecule has 4 nitrogen and oxygen atoms in total. The molecule has 0 aliphatic heterocycles. The van der Waals surface area contributed by atoms with Gasteiger partial charge in [-0.1, -0.05) is 30.3 Å². The number of carbonyl (C=O) groups is 1. The fourth-order valence-corrected chi connectivity index (χ4v) is 1.67. The molecule has 0 bridgehead atoms. The second kappa shape index (κ2) is 6.02. The molecule has 0 aliphatic carbocycles. The minimum absolute atomic E-state index is 0.190. The summed E-state index contributed by atoms with van der Waals surface area (Å²) in [6.07, 6.45) is 2.20. The van der Waals surface area contributed by atoms with Crippen molar-refractivity contribution in [2.75, 3.05) is 6.54 Å². The SMILES string of the molecule is O=C(O)c1coc(CNCCc2ccccc2)c1. The van der Waals surface area contributed by atoms with E-state index in [2.05, 4.69) is 17.4 Å². The average molecular weight is 245 g/mol. The normalized spacial score (nSPS) is 10.4. The van der Waals surface area contributed by atoms with Crippen LogP contribution >= 0.6 is 0 Å². The molecule has 0 radical (unpaired) electrons. The number of aromatic carboxylic acids is 1. The van der Waals surface area contributed by atoms with Gasteiger partial charge in [-0.3, -0.25) is 0 Å². The molecule has 1 aromatic heterocycles. The van der Waals surface area contributed by atoms with Gasteiger partial charge in [0.2, 0.25) is 0 Å². The van der Waals surface area contributed by atoms with Crippen molar-refractivity contribution >= 4 is 5.97 Å². The molecule has 0 amide bonds. The third-order valence-corrected chi connectivity index (χ3v) is 2.63. The summed E-state index contributed by atoms with van der Waals surface area (Å²) >= 11 is 0. The van der Waals surface area contributed by atoms with E-state index in [1.807, 2.05) is 18.2 Å². The lowest BCUT2D eigenvalue weighted by Crippen LogP contribution is -2.16. The number of carboxylic acid groups (broad SMARTS) is 1. The van der Waals surface area contributed by atoms with Gasteiger partial charge in [0.1, 0.15) is 12.0 Å². The van der Waals surface area contributed by atoms with E-state index in [0.29, 0.717) is 12.3 Å². The van der Waals surface area contributed by atoms with Crippen LogP contribution < -0.4 is 5.32 Å². The highest BCUT2D eigenvalue weighted by atomic mass is 16.4. The summed E-state index contributed by atoms with van der Waals surface area (Å²) in [6, 6.07) is 11.7. The van der Waals surface area contributed by atoms with Crippen molar-refractivity contribution in [3.05, 3.63) is 59.5 Å². The zero-order chi connectivity index (χ0) is 12.8. The first-order valence-electron chi connectivity index (χ1n) is 5.81. The predicted octanol–water partition coefficient (Wildman–Crippen LogP) is 2.31. The van der Waals surface area contributed by atoms with Gasteiger partial charge in [0, 0.05) is 0 Å². The maximum absolute atomic E-state index is 10.6. The average Bonchev–Trinajstić information content (AvgIpc) is 2.85. The van der Waals surface area contributed by atoms with Gasteiger partial charge in [0.05, 0.1) is 12.1 Å². The Morgan fingerprint density at radius 3 is 2.72 bits per heavy atom. The highest BCUT2D eigenvalue weighted by molar-refractivity contribution is 5.87. The van der Waals surface area contributed by atoms with E-state index in [1.54, 1.807) is 0 Å². The van der Waals surface area contributed by atoms with Crippen LogP contribution in [0.1, 0.15) is 21.7 Å². The van der Waals surface area contributed by atoms with Gasteiger partial charge in [-0.15, -0.1) is 0 Å². The molecule has 0 atom stereocenters. The van der Waals surface area contributed by atoms with E-state index < -0.39 is 5.97 Å². The Morgan fingerprint density at radius 1 is 1.28 bits per heavy atom. The Bertz CT molecular complexity index is 505. The third-order valence-electron chi connectivity index (χ3n) is 2.63. The maximum Gasteiger partial charge on any atom is 0.338 e. The molecule has 0 saturated heterocycles. The Morgan fingerprint density at radius 2 is 2.06 bits per heavy atom. The van der Waals surface area contributed by atoms with Gasteiger partial charge >= 0.3 is 5.97 Å². The van der Waals surface area contributed by atoms with Crippen LogP contribution in [0.4, 0.5) is 0 Å². The summed E-state index contributed by atoms with van der Waals surface area (Å²) in [5.74, 6) is -0.324. The summed E-state index contributed by atoms with van der Waals surface area (Å²) in [5, 5.41) is 12.0. The van der Waals surface area contributed by atoms with Gasteiger partial charge in [-0.2, -0.15) is 0 Å². The quantitative estimate of drug-likeness (QED) is 0.767. The Balaban J connectivity index is 1.73. The number of hydrogen-bond donors (Lipinski definition) is 2. The highest BCUT2D eigenvalue weighted by Crippen LogP contribution is 2.07. The number of rotatable bonds is 6. The summed E-state index contributed by atoms with van der Waals surface area (Å²) in [5.41, 5.74) is 1.46. The number of furan rings is 1.